The van der Waals surface area contributed by atoms with Crippen molar-refractivity contribution in [2.45, 2.75) is 13.1 Å². The molecule has 0 radical (unpaired) electrons. The van der Waals surface area contributed by atoms with E-state index in [0.717, 1.165) is 11.1 Å². The highest BCUT2D eigenvalue weighted by atomic mass is 19.1. The van der Waals surface area contributed by atoms with Crippen molar-refractivity contribution in [1.29, 1.82) is 5.26 Å². The maximum atomic E-state index is 13.0. The summed E-state index contributed by atoms with van der Waals surface area (Å²) < 4.78 is 13.0. The number of anilines is 1. The van der Waals surface area contributed by atoms with Gasteiger partial charge in [0.25, 0.3) is 0 Å². The monoisotopic (exact) mass is 269 g/mol. The lowest BCUT2D eigenvalue weighted by Crippen LogP contribution is -2.18. The van der Waals surface area contributed by atoms with Crippen LogP contribution in [-0.2, 0) is 13.1 Å². The third kappa shape index (κ3) is 3.56. The Kier molecular flexibility index (Phi) is 4.34. The Balaban J connectivity index is 2.05. The predicted molar refractivity (Wildman–Crippen MR) is 77.1 cm³/mol. The smallest absolute Gasteiger partial charge is 0.125 e. The van der Waals surface area contributed by atoms with E-state index in [0.29, 0.717) is 24.3 Å². The summed E-state index contributed by atoms with van der Waals surface area (Å²) in [7, 11) is 1.96. The van der Waals surface area contributed by atoms with Gasteiger partial charge in [0.1, 0.15) is 5.82 Å². The molecule has 0 fully saturated rings. The van der Waals surface area contributed by atoms with Gasteiger partial charge in [0.05, 0.1) is 11.6 Å². The normalized spacial score (nSPS) is 10.5. The summed E-state index contributed by atoms with van der Waals surface area (Å²) in [6, 6.07) is 14.1. The summed E-state index contributed by atoms with van der Waals surface area (Å²) in [4.78, 5) is 2.07. The first kappa shape index (κ1) is 14.0. The van der Waals surface area contributed by atoms with E-state index in [2.05, 4.69) is 11.0 Å². The molecule has 2 rings (SSSR count). The lowest BCUT2D eigenvalue weighted by atomic mass is 10.1. The van der Waals surface area contributed by atoms with E-state index in [9.17, 15) is 4.39 Å². The molecule has 0 heterocycles. The van der Waals surface area contributed by atoms with E-state index in [1.54, 1.807) is 12.1 Å². The molecule has 0 aliphatic carbocycles. The first-order chi connectivity index (χ1) is 9.58. The number of rotatable bonds is 4. The van der Waals surface area contributed by atoms with Crippen LogP contribution >= 0.6 is 0 Å². The maximum absolute atomic E-state index is 13.0. The van der Waals surface area contributed by atoms with Crippen molar-refractivity contribution in [1.82, 2.24) is 4.90 Å². The highest BCUT2D eigenvalue weighted by Gasteiger charge is 2.06. The van der Waals surface area contributed by atoms with E-state index < -0.39 is 0 Å². The number of nitriles is 1. The minimum Gasteiger partial charge on any atom is -0.398 e. The van der Waals surface area contributed by atoms with E-state index >= 15 is 0 Å². The molecule has 20 heavy (non-hydrogen) atoms. The van der Waals surface area contributed by atoms with Gasteiger partial charge in [0.15, 0.2) is 0 Å². The molecule has 0 unspecified atom stereocenters. The van der Waals surface area contributed by atoms with Gasteiger partial charge < -0.3 is 5.73 Å². The second-order valence-corrected chi connectivity index (χ2v) is 4.83. The molecule has 0 saturated carbocycles. The van der Waals surface area contributed by atoms with Crippen LogP contribution in [0.2, 0.25) is 0 Å². The topological polar surface area (TPSA) is 53.0 Å². The fourth-order valence-corrected chi connectivity index (χ4v) is 2.11. The lowest BCUT2D eigenvalue weighted by Gasteiger charge is -2.18. The molecule has 0 atom stereocenters. The fourth-order valence-electron chi connectivity index (χ4n) is 2.11. The zero-order valence-corrected chi connectivity index (χ0v) is 11.3. The van der Waals surface area contributed by atoms with Crippen LogP contribution in [0.4, 0.5) is 10.1 Å². The summed E-state index contributed by atoms with van der Waals surface area (Å²) in [5.41, 5.74) is 8.87. The number of benzene rings is 2. The van der Waals surface area contributed by atoms with E-state index in [1.165, 1.54) is 12.1 Å². The molecular formula is C16H16FN3. The Hall–Kier alpha value is -2.38. The molecule has 2 aromatic carbocycles. The van der Waals surface area contributed by atoms with Gasteiger partial charge in [-0.3, -0.25) is 4.90 Å². The number of nitrogens with two attached hydrogens (primary N) is 1. The molecule has 4 heteroatoms. The highest BCUT2D eigenvalue weighted by Crippen LogP contribution is 2.16. The Labute approximate surface area is 118 Å². The first-order valence-electron chi connectivity index (χ1n) is 6.30. The van der Waals surface area contributed by atoms with E-state index in [-0.39, 0.29) is 5.82 Å². The number of halogens is 1. The predicted octanol–water partition coefficient (Wildman–Crippen LogP) is 2.91. The Morgan fingerprint density at radius 3 is 2.70 bits per heavy atom. The van der Waals surface area contributed by atoms with Crippen molar-refractivity contribution in [2.75, 3.05) is 12.8 Å². The molecule has 0 spiro atoms. The number of hydrogen-bond donors (Lipinski definition) is 1. The molecular weight excluding hydrogens is 253 g/mol. The average Bonchev–Trinajstić information content (AvgIpc) is 2.42. The minimum atomic E-state index is -0.323. The van der Waals surface area contributed by atoms with Gasteiger partial charge in [-0.2, -0.15) is 5.26 Å². The first-order valence-corrected chi connectivity index (χ1v) is 6.30. The molecule has 2 N–H and O–H groups in total. The van der Waals surface area contributed by atoms with Crippen molar-refractivity contribution < 1.29 is 4.39 Å². The Bertz CT molecular complexity index is 646. The zero-order chi connectivity index (χ0) is 14.5. The van der Waals surface area contributed by atoms with Crippen molar-refractivity contribution in [3.05, 3.63) is 65.0 Å². The quantitative estimate of drug-likeness (QED) is 0.868. The van der Waals surface area contributed by atoms with Crippen LogP contribution in [0.1, 0.15) is 16.7 Å². The SMILES string of the molecule is CN(Cc1cccc(C#N)c1)Cc1ccc(F)cc1N. The number of nitrogens with zero attached hydrogens (tertiary/aromatic N) is 2. The molecule has 0 aliphatic rings. The van der Waals surface area contributed by atoms with Crippen LogP contribution in [0.5, 0.6) is 0 Å². The van der Waals surface area contributed by atoms with Crippen LogP contribution in [0.3, 0.4) is 0 Å². The summed E-state index contributed by atoms with van der Waals surface area (Å²) >= 11 is 0. The van der Waals surface area contributed by atoms with Gasteiger partial charge in [-0.25, -0.2) is 4.39 Å². The molecule has 0 aliphatic heterocycles. The van der Waals surface area contributed by atoms with Crippen LogP contribution in [-0.4, -0.2) is 11.9 Å². The van der Waals surface area contributed by atoms with Crippen molar-refractivity contribution in [3.63, 3.8) is 0 Å². The van der Waals surface area contributed by atoms with Crippen LogP contribution in [0, 0.1) is 17.1 Å². The van der Waals surface area contributed by atoms with Crippen molar-refractivity contribution >= 4 is 5.69 Å². The van der Waals surface area contributed by atoms with Crippen molar-refractivity contribution in [3.8, 4) is 6.07 Å². The average molecular weight is 269 g/mol. The maximum Gasteiger partial charge on any atom is 0.125 e. The highest BCUT2D eigenvalue weighted by molar-refractivity contribution is 5.46. The van der Waals surface area contributed by atoms with Crippen molar-refractivity contribution in [2.24, 2.45) is 0 Å². The van der Waals surface area contributed by atoms with E-state index in [4.69, 9.17) is 11.0 Å². The molecule has 0 aromatic heterocycles. The second kappa shape index (κ2) is 6.18. The lowest BCUT2D eigenvalue weighted by molar-refractivity contribution is 0.319. The second-order valence-electron chi connectivity index (χ2n) is 4.83. The number of nitrogen functional groups attached to an aromatic ring is 1. The van der Waals surface area contributed by atoms with Gasteiger partial charge in [0.2, 0.25) is 0 Å². The molecule has 0 bridgehead atoms. The van der Waals surface area contributed by atoms with Gasteiger partial charge >= 0.3 is 0 Å². The van der Waals surface area contributed by atoms with Crippen LogP contribution in [0.25, 0.3) is 0 Å². The summed E-state index contributed by atoms with van der Waals surface area (Å²) in [6.45, 7) is 1.33. The molecule has 3 nitrogen and oxygen atoms in total. The Morgan fingerprint density at radius 2 is 2.00 bits per heavy atom. The largest absolute Gasteiger partial charge is 0.398 e. The minimum absolute atomic E-state index is 0.323. The summed E-state index contributed by atoms with van der Waals surface area (Å²) in [5.74, 6) is -0.323. The molecule has 0 saturated heterocycles. The fraction of sp³-hybridized carbons (Fsp3) is 0.188. The van der Waals surface area contributed by atoms with Gasteiger partial charge in [-0.15, -0.1) is 0 Å². The summed E-state index contributed by atoms with van der Waals surface area (Å²) in [5, 5.41) is 8.88. The van der Waals surface area contributed by atoms with Gasteiger partial charge in [-0.1, -0.05) is 18.2 Å². The number of hydrogen-bond acceptors (Lipinski definition) is 3. The Morgan fingerprint density at radius 1 is 1.20 bits per heavy atom. The third-order valence-electron chi connectivity index (χ3n) is 3.06. The summed E-state index contributed by atoms with van der Waals surface area (Å²) in [6.07, 6.45) is 0. The third-order valence-corrected chi connectivity index (χ3v) is 3.06. The zero-order valence-electron chi connectivity index (χ0n) is 11.3. The molecule has 102 valence electrons. The van der Waals surface area contributed by atoms with E-state index in [1.807, 2.05) is 25.2 Å². The van der Waals surface area contributed by atoms with Crippen LogP contribution < -0.4 is 5.73 Å². The van der Waals surface area contributed by atoms with Gasteiger partial charge in [-0.05, 0) is 42.4 Å². The molecule has 2 aromatic rings. The molecule has 0 amide bonds. The van der Waals surface area contributed by atoms with Crippen LogP contribution in [0.15, 0.2) is 42.5 Å². The standard InChI is InChI=1S/C16H16FN3/c1-20(10-13-4-2-3-12(7-13)9-18)11-14-5-6-15(17)8-16(14)19/h2-8H,10-11,19H2,1H3. The van der Waals surface area contributed by atoms with Gasteiger partial charge in [0, 0.05) is 18.8 Å².